The number of rotatable bonds is 2. The molecule has 0 aliphatic carbocycles. The van der Waals surface area contributed by atoms with Crippen LogP contribution in [0.5, 0.6) is 0 Å². The van der Waals surface area contributed by atoms with Gasteiger partial charge in [-0.05, 0) is 0 Å². The summed E-state index contributed by atoms with van der Waals surface area (Å²) in [7, 11) is 1.44. The molecule has 1 unspecified atom stereocenters. The van der Waals surface area contributed by atoms with Crippen LogP contribution in [0.1, 0.15) is 12.6 Å². The first-order chi connectivity index (χ1) is 10.4. The van der Waals surface area contributed by atoms with E-state index in [-0.39, 0.29) is 30.1 Å². The summed E-state index contributed by atoms with van der Waals surface area (Å²) in [5.41, 5.74) is 4.60. The van der Waals surface area contributed by atoms with E-state index >= 15 is 0 Å². The highest BCUT2D eigenvalue weighted by Crippen LogP contribution is 2.28. The number of aromatic nitrogens is 4. The van der Waals surface area contributed by atoms with Crippen LogP contribution in [-0.2, 0) is 11.8 Å². The van der Waals surface area contributed by atoms with Gasteiger partial charge in [-0.3, -0.25) is 18.7 Å². The summed E-state index contributed by atoms with van der Waals surface area (Å²) in [6.07, 6.45) is -1.51. The van der Waals surface area contributed by atoms with Crippen LogP contribution in [0.25, 0.3) is 11.2 Å². The third-order valence-corrected chi connectivity index (χ3v) is 3.72. The van der Waals surface area contributed by atoms with E-state index in [4.69, 9.17) is 15.6 Å². The number of ether oxygens (including phenoxy) is 1. The lowest BCUT2D eigenvalue weighted by atomic mass is 10.2. The first kappa shape index (κ1) is 14.6. The van der Waals surface area contributed by atoms with Gasteiger partial charge in [-0.1, -0.05) is 0 Å². The van der Waals surface area contributed by atoms with E-state index < -0.39 is 29.6 Å². The maximum absolute atomic E-state index is 12.1. The quantitative estimate of drug-likeness (QED) is 0.562. The number of nitrogens with two attached hydrogens (primary N) is 1. The molecule has 1 aliphatic rings. The second-order valence-corrected chi connectivity index (χ2v) is 5.09. The highest BCUT2D eigenvalue weighted by Gasteiger charge is 2.36. The van der Waals surface area contributed by atoms with Crippen LogP contribution >= 0.6 is 0 Å². The van der Waals surface area contributed by atoms with Crippen molar-refractivity contribution in [2.45, 2.75) is 24.9 Å². The summed E-state index contributed by atoms with van der Waals surface area (Å²) in [5.74, 6) is -0.0732. The Hall–Kier alpha value is -2.30. The van der Waals surface area contributed by atoms with Crippen LogP contribution in [0.4, 0.5) is 5.95 Å². The number of hydrogen-bond donors (Lipinski definition) is 3. The zero-order chi connectivity index (χ0) is 16.0. The maximum atomic E-state index is 12.1. The number of hydrogen-bond acceptors (Lipinski definition) is 8. The van der Waals surface area contributed by atoms with Gasteiger partial charge >= 0.3 is 0 Å². The molecule has 118 valence electrons. The first-order valence-electron chi connectivity index (χ1n) is 6.62. The van der Waals surface area contributed by atoms with Crippen molar-refractivity contribution < 1.29 is 14.9 Å². The predicted molar refractivity (Wildman–Crippen MR) is 75.1 cm³/mol. The predicted octanol–water partition coefficient (Wildman–Crippen LogP) is -2.29. The molecule has 1 saturated heterocycles. The van der Waals surface area contributed by atoms with E-state index in [1.807, 2.05) is 0 Å². The molecule has 10 nitrogen and oxygen atoms in total. The van der Waals surface area contributed by atoms with E-state index in [0.717, 1.165) is 15.3 Å². The second kappa shape index (κ2) is 5.16. The molecule has 0 amide bonds. The van der Waals surface area contributed by atoms with Crippen molar-refractivity contribution in [1.82, 2.24) is 19.1 Å². The van der Waals surface area contributed by atoms with Gasteiger partial charge in [0.1, 0.15) is 12.3 Å². The summed E-state index contributed by atoms with van der Waals surface area (Å²) >= 11 is 0. The monoisotopic (exact) mass is 309 g/mol. The third-order valence-electron chi connectivity index (χ3n) is 3.72. The fourth-order valence-corrected chi connectivity index (χ4v) is 2.48. The van der Waals surface area contributed by atoms with Gasteiger partial charge in [-0.25, -0.2) is 4.98 Å². The van der Waals surface area contributed by atoms with Gasteiger partial charge in [0.15, 0.2) is 11.2 Å². The number of aliphatic hydroxyl groups excluding tert-OH is 2. The van der Waals surface area contributed by atoms with Gasteiger partial charge in [0.2, 0.25) is 5.95 Å². The molecule has 0 bridgehead atoms. The second-order valence-electron chi connectivity index (χ2n) is 5.09. The van der Waals surface area contributed by atoms with Gasteiger partial charge in [0.25, 0.3) is 11.1 Å². The van der Waals surface area contributed by atoms with E-state index in [2.05, 4.69) is 9.97 Å². The van der Waals surface area contributed by atoms with E-state index in [9.17, 15) is 14.7 Å². The Morgan fingerprint density at radius 3 is 2.86 bits per heavy atom. The molecular weight excluding hydrogens is 294 g/mol. The van der Waals surface area contributed by atoms with Crippen LogP contribution in [0.15, 0.2) is 15.8 Å². The number of nitrogen functional groups attached to an aromatic ring is 1. The average molecular weight is 309 g/mol. The molecule has 10 heteroatoms. The number of aliphatic hydroxyl groups is 2. The smallest absolute Gasteiger partial charge is 0.282 e. The Morgan fingerprint density at radius 1 is 1.50 bits per heavy atom. The largest absolute Gasteiger partial charge is 0.394 e. The summed E-state index contributed by atoms with van der Waals surface area (Å²) < 4.78 is 7.69. The number of anilines is 1. The minimum Gasteiger partial charge on any atom is -0.394 e. The van der Waals surface area contributed by atoms with Crippen molar-refractivity contribution >= 4 is 17.1 Å². The Bertz CT molecular complexity index is 844. The van der Waals surface area contributed by atoms with Gasteiger partial charge in [-0.2, -0.15) is 4.98 Å². The lowest BCUT2D eigenvalue weighted by Crippen LogP contribution is -2.31. The molecule has 22 heavy (non-hydrogen) atoms. The first-order valence-corrected chi connectivity index (χ1v) is 6.62. The fraction of sp³-hybridized carbons (Fsp3) is 0.500. The third kappa shape index (κ3) is 2.08. The SMILES string of the molecule is Cn1c(N)nc2c(ncc(=O)n2C2C[C@@H](O)[C@@H](CO)O2)c1=O. The zero-order valence-electron chi connectivity index (χ0n) is 11.7. The molecule has 0 spiro atoms. The molecule has 3 rings (SSSR count). The Balaban J connectivity index is 2.24. The molecule has 4 N–H and O–H groups in total. The highest BCUT2D eigenvalue weighted by molar-refractivity contribution is 5.70. The lowest BCUT2D eigenvalue weighted by molar-refractivity contribution is -0.0442. The minimum absolute atomic E-state index is 0.0103. The molecule has 3 atom stereocenters. The van der Waals surface area contributed by atoms with Gasteiger partial charge < -0.3 is 20.7 Å². The van der Waals surface area contributed by atoms with Crippen molar-refractivity contribution in [3.8, 4) is 0 Å². The van der Waals surface area contributed by atoms with Crippen LogP contribution in [0, 0.1) is 0 Å². The molecule has 1 aliphatic heterocycles. The average Bonchev–Trinajstić information content (AvgIpc) is 2.85. The molecule has 0 radical (unpaired) electrons. The van der Waals surface area contributed by atoms with E-state index in [1.165, 1.54) is 7.05 Å². The molecular formula is C12H15N5O5. The molecule has 0 aromatic carbocycles. The van der Waals surface area contributed by atoms with Crippen molar-refractivity contribution in [1.29, 1.82) is 0 Å². The van der Waals surface area contributed by atoms with Crippen molar-refractivity contribution in [3.63, 3.8) is 0 Å². The minimum atomic E-state index is -0.922. The Labute approximate surface area is 123 Å². The number of nitrogens with zero attached hydrogens (tertiary/aromatic N) is 4. The maximum Gasteiger partial charge on any atom is 0.282 e. The summed E-state index contributed by atoms with van der Waals surface area (Å²) in [4.78, 5) is 32.1. The number of fused-ring (bicyclic) bond motifs is 1. The molecule has 2 aromatic heterocycles. The molecule has 0 saturated carbocycles. The molecule has 1 fully saturated rings. The Kier molecular flexibility index (Phi) is 3.43. The van der Waals surface area contributed by atoms with Crippen LogP contribution in [0.2, 0.25) is 0 Å². The van der Waals surface area contributed by atoms with Crippen molar-refractivity contribution in [2.24, 2.45) is 7.05 Å². The Morgan fingerprint density at radius 2 is 2.23 bits per heavy atom. The van der Waals surface area contributed by atoms with E-state index in [0.29, 0.717) is 0 Å². The highest BCUT2D eigenvalue weighted by atomic mass is 16.5. The summed E-state index contributed by atoms with van der Waals surface area (Å²) in [6.45, 7) is -0.382. The van der Waals surface area contributed by atoms with E-state index in [1.54, 1.807) is 0 Å². The van der Waals surface area contributed by atoms with Crippen molar-refractivity contribution in [2.75, 3.05) is 12.3 Å². The topological polar surface area (TPSA) is 145 Å². The van der Waals surface area contributed by atoms with Gasteiger partial charge in [0.05, 0.1) is 18.9 Å². The normalized spacial score (nSPS) is 25.0. The van der Waals surface area contributed by atoms with Gasteiger partial charge in [0, 0.05) is 13.5 Å². The van der Waals surface area contributed by atoms with Crippen molar-refractivity contribution in [3.05, 3.63) is 26.9 Å². The van der Waals surface area contributed by atoms with Gasteiger partial charge in [-0.15, -0.1) is 0 Å². The molecule has 3 heterocycles. The van der Waals surface area contributed by atoms with Crippen LogP contribution in [0.3, 0.4) is 0 Å². The lowest BCUT2D eigenvalue weighted by Gasteiger charge is -2.16. The van der Waals surface area contributed by atoms with Crippen LogP contribution in [-0.4, -0.2) is 48.1 Å². The van der Waals surface area contributed by atoms with Crippen LogP contribution < -0.4 is 16.9 Å². The fourth-order valence-electron chi connectivity index (χ4n) is 2.48. The molecule has 2 aromatic rings. The summed E-state index contributed by atoms with van der Waals surface area (Å²) in [6, 6.07) is 0. The summed E-state index contributed by atoms with van der Waals surface area (Å²) in [5, 5.41) is 18.9. The zero-order valence-corrected chi connectivity index (χ0v) is 11.7. The standard InChI is InChI=1S/C12H15N5O5/c1-16-11(21)9-10(15-12(16)13)17(7(20)3-14-9)8-2-5(19)6(4-18)22-8/h3,5-6,8,18-19H,2,4H2,1H3,(H2,13,15)/t5-,6-,8?/m1/s1.